The van der Waals surface area contributed by atoms with Crippen LogP contribution in [-0.4, -0.2) is 34.9 Å². The molecule has 0 atom stereocenters. The molecule has 2 heterocycles. The largest absolute Gasteiger partial charge is 0.457 e. The number of benzene rings is 1. The van der Waals surface area contributed by atoms with E-state index in [2.05, 4.69) is 0 Å². The van der Waals surface area contributed by atoms with Crippen LogP contribution in [0.15, 0.2) is 46.5 Å². The van der Waals surface area contributed by atoms with Crippen LogP contribution in [0.2, 0.25) is 5.02 Å². The summed E-state index contributed by atoms with van der Waals surface area (Å²) in [7, 11) is 3.41. The Bertz CT molecular complexity index is 797. The van der Waals surface area contributed by atoms with Crippen LogP contribution in [0, 0.1) is 0 Å². The first-order valence-corrected chi connectivity index (χ1v) is 7.39. The fourth-order valence-electron chi connectivity index (χ4n) is 2.25. The number of furan rings is 1. The molecule has 1 amide bonds. The van der Waals surface area contributed by atoms with Crippen molar-refractivity contribution in [3.63, 3.8) is 0 Å². The van der Waals surface area contributed by atoms with Crippen LogP contribution in [0.5, 0.6) is 0 Å². The van der Waals surface area contributed by atoms with Gasteiger partial charge in [0.2, 0.25) is 0 Å². The quantitative estimate of drug-likeness (QED) is 0.621. The van der Waals surface area contributed by atoms with Gasteiger partial charge < -0.3 is 9.32 Å². The summed E-state index contributed by atoms with van der Waals surface area (Å²) >= 11 is 11.2. The van der Waals surface area contributed by atoms with Gasteiger partial charge in [-0.25, -0.2) is 0 Å². The fourth-order valence-corrected chi connectivity index (χ4v) is 2.62. The molecule has 1 aliphatic heterocycles. The molecule has 1 aromatic carbocycles. The van der Waals surface area contributed by atoms with Crippen molar-refractivity contribution in [2.24, 2.45) is 0 Å². The Labute approximate surface area is 138 Å². The third-order valence-electron chi connectivity index (χ3n) is 3.47. The van der Waals surface area contributed by atoms with E-state index in [1.165, 1.54) is 4.90 Å². The van der Waals surface area contributed by atoms with Gasteiger partial charge in [-0.2, -0.15) is 0 Å². The van der Waals surface area contributed by atoms with Gasteiger partial charge in [0.05, 0.1) is 0 Å². The molecule has 6 heteroatoms. The Morgan fingerprint density at radius 1 is 1.18 bits per heavy atom. The van der Waals surface area contributed by atoms with Gasteiger partial charge >= 0.3 is 0 Å². The molecule has 1 saturated heterocycles. The zero-order valence-electron chi connectivity index (χ0n) is 12.0. The monoisotopic (exact) mass is 332 g/mol. The molecule has 1 aromatic heterocycles. The minimum Gasteiger partial charge on any atom is -0.457 e. The molecule has 0 saturated carbocycles. The third kappa shape index (κ3) is 2.53. The molecular weight excluding hydrogens is 320 g/mol. The normalized spacial score (nSPS) is 17.0. The summed E-state index contributed by atoms with van der Waals surface area (Å²) in [6.45, 7) is 0. The van der Waals surface area contributed by atoms with Crippen LogP contribution in [0.4, 0.5) is 0 Å². The molecule has 0 bridgehead atoms. The Morgan fingerprint density at radius 2 is 1.95 bits per heavy atom. The van der Waals surface area contributed by atoms with Crippen molar-refractivity contribution >= 4 is 40.9 Å². The molecule has 0 unspecified atom stereocenters. The van der Waals surface area contributed by atoms with Gasteiger partial charge in [-0.1, -0.05) is 23.7 Å². The van der Waals surface area contributed by atoms with Crippen LogP contribution in [0.3, 0.4) is 0 Å². The summed E-state index contributed by atoms with van der Waals surface area (Å²) < 4.78 is 5.78. The smallest absolute Gasteiger partial charge is 0.276 e. The molecule has 4 nitrogen and oxygen atoms in total. The van der Waals surface area contributed by atoms with Crippen LogP contribution >= 0.6 is 23.8 Å². The highest BCUT2D eigenvalue weighted by Crippen LogP contribution is 2.27. The summed E-state index contributed by atoms with van der Waals surface area (Å²) in [5.74, 6) is 1.13. The van der Waals surface area contributed by atoms with E-state index < -0.39 is 0 Å². The number of hydrogen-bond acceptors (Lipinski definition) is 3. The van der Waals surface area contributed by atoms with E-state index in [1.54, 1.807) is 31.1 Å². The van der Waals surface area contributed by atoms with E-state index in [-0.39, 0.29) is 5.91 Å². The third-order valence-corrected chi connectivity index (χ3v) is 4.26. The Morgan fingerprint density at radius 3 is 2.59 bits per heavy atom. The van der Waals surface area contributed by atoms with Crippen LogP contribution in [0.25, 0.3) is 17.4 Å². The fraction of sp³-hybridized carbons (Fsp3) is 0.125. The van der Waals surface area contributed by atoms with Gasteiger partial charge in [0.1, 0.15) is 17.2 Å². The Balaban J connectivity index is 1.93. The highest BCUT2D eigenvalue weighted by molar-refractivity contribution is 7.80. The lowest BCUT2D eigenvalue weighted by Crippen LogP contribution is -2.26. The second kappa shape index (κ2) is 5.59. The first-order chi connectivity index (χ1) is 10.5. The topological polar surface area (TPSA) is 36.7 Å². The van der Waals surface area contributed by atoms with E-state index in [0.717, 1.165) is 5.56 Å². The minimum absolute atomic E-state index is 0.145. The van der Waals surface area contributed by atoms with Crippen molar-refractivity contribution in [2.75, 3.05) is 14.1 Å². The maximum atomic E-state index is 12.1. The average Bonchev–Trinajstić information content (AvgIpc) is 3.04. The van der Waals surface area contributed by atoms with Crippen molar-refractivity contribution in [1.82, 2.24) is 9.80 Å². The predicted octanol–water partition coefficient (Wildman–Crippen LogP) is 3.63. The maximum absolute atomic E-state index is 12.1. The molecule has 0 aliphatic carbocycles. The van der Waals surface area contributed by atoms with Crippen LogP contribution < -0.4 is 0 Å². The molecule has 112 valence electrons. The lowest BCUT2D eigenvalue weighted by molar-refractivity contribution is -0.121. The summed E-state index contributed by atoms with van der Waals surface area (Å²) in [5.41, 5.74) is 1.37. The second-order valence-corrected chi connectivity index (χ2v) is 5.75. The molecule has 22 heavy (non-hydrogen) atoms. The van der Waals surface area contributed by atoms with Crippen molar-refractivity contribution in [1.29, 1.82) is 0 Å². The first-order valence-electron chi connectivity index (χ1n) is 6.60. The number of carbonyl (C=O) groups is 1. The molecule has 0 N–H and O–H groups in total. The van der Waals surface area contributed by atoms with E-state index in [9.17, 15) is 4.79 Å². The van der Waals surface area contributed by atoms with E-state index in [0.29, 0.717) is 27.4 Å². The van der Waals surface area contributed by atoms with Crippen molar-refractivity contribution in [2.45, 2.75) is 0 Å². The summed E-state index contributed by atoms with van der Waals surface area (Å²) in [5, 5.41) is 1.12. The number of nitrogens with zero attached hydrogens (tertiary/aromatic N) is 2. The van der Waals surface area contributed by atoms with Gasteiger partial charge in [-0.15, -0.1) is 0 Å². The minimum atomic E-state index is -0.145. The lowest BCUT2D eigenvalue weighted by Gasteiger charge is -2.10. The van der Waals surface area contributed by atoms with Gasteiger partial charge in [-0.05, 0) is 36.5 Å². The van der Waals surface area contributed by atoms with Gasteiger partial charge in [-0.3, -0.25) is 9.69 Å². The number of hydrogen-bond donors (Lipinski definition) is 0. The zero-order chi connectivity index (χ0) is 15.9. The molecule has 0 spiro atoms. The standard InChI is InChI=1S/C16H13ClN2O2S/c1-18-13(15(20)19(2)16(18)22)9-12-6-7-14(21-12)10-4-3-5-11(17)8-10/h3-9H,1-2H3/b13-9-. The summed E-state index contributed by atoms with van der Waals surface area (Å²) in [6, 6.07) is 11.1. The van der Waals surface area contributed by atoms with Gasteiger partial charge in [0.25, 0.3) is 5.91 Å². The first kappa shape index (κ1) is 14.8. The highest BCUT2D eigenvalue weighted by atomic mass is 35.5. The van der Waals surface area contributed by atoms with E-state index >= 15 is 0 Å². The maximum Gasteiger partial charge on any atom is 0.276 e. The van der Waals surface area contributed by atoms with Gasteiger partial charge in [0.15, 0.2) is 5.11 Å². The molecule has 2 aromatic rings. The van der Waals surface area contributed by atoms with E-state index in [1.807, 2.05) is 30.3 Å². The average molecular weight is 333 g/mol. The van der Waals surface area contributed by atoms with Crippen LogP contribution in [-0.2, 0) is 4.79 Å². The van der Waals surface area contributed by atoms with Crippen molar-refractivity contribution in [3.05, 3.63) is 52.9 Å². The molecule has 3 rings (SSSR count). The van der Waals surface area contributed by atoms with E-state index in [4.69, 9.17) is 28.2 Å². The zero-order valence-corrected chi connectivity index (χ0v) is 13.6. The highest BCUT2D eigenvalue weighted by Gasteiger charge is 2.32. The number of amides is 1. The molecule has 1 aliphatic rings. The number of thiocarbonyl (C=S) groups is 1. The van der Waals surface area contributed by atoms with Gasteiger partial charge in [0, 0.05) is 30.8 Å². The van der Waals surface area contributed by atoms with Crippen molar-refractivity contribution in [3.8, 4) is 11.3 Å². The van der Waals surface area contributed by atoms with Crippen molar-refractivity contribution < 1.29 is 9.21 Å². The SMILES string of the molecule is CN1C(=O)/C(=C/c2ccc(-c3cccc(Cl)c3)o2)N(C)C1=S. The molecule has 0 radical (unpaired) electrons. The summed E-state index contributed by atoms with van der Waals surface area (Å²) in [4.78, 5) is 15.2. The predicted molar refractivity (Wildman–Crippen MR) is 90.3 cm³/mol. The number of rotatable bonds is 2. The lowest BCUT2D eigenvalue weighted by atomic mass is 10.2. The Kier molecular flexibility index (Phi) is 3.76. The van der Waals surface area contributed by atoms with Crippen LogP contribution in [0.1, 0.15) is 5.76 Å². The molecule has 1 fully saturated rings. The number of carbonyl (C=O) groups excluding carboxylic acids is 1. The summed E-state index contributed by atoms with van der Waals surface area (Å²) in [6.07, 6.45) is 1.69. The number of likely N-dealkylation sites (N-methyl/N-ethyl adjacent to an activating group) is 2. The second-order valence-electron chi connectivity index (χ2n) is 4.95. The number of halogens is 1. The molecular formula is C16H13ClN2O2S. The Hall–Kier alpha value is -2.11.